The van der Waals surface area contributed by atoms with E-state index in [4.69, 9.17) is 4.74 Å². The summed E-state index contributed by atoms with van der Waals surface area (Å²) >= 11 is 0. The van der Waals surface area contributed by atoms with Gasteiger partial charge in [-0.3, -0.25) is 14.4 Å². The summed E-state index contributed by atoms with van der Waals surface area (Å²) in [6.45, 7) is 20.4. The monoisotopic (exact) mass is 500 g/mol. The van der Waals surface area contributed by atoms with Gasteiger partial charge in [0.05, 0.1) is 11.5 Å². The third-order valence-electron chi connectivity index (χ3n) is 12.2. The highest BCUT2D eigenvalue weighted by molar-refractivity contribution is 6.12. The van der Waals surface area contributed by atoms with E-state index in [0.29, 0.717) is 12.8 Å². The SMILES string of the molecule is CC(=O)OC1CC2(C)C3=C(CCC2C(C)(C)C1O)C1(C)CC(=O)C(C)(C(C)C(C)C)C(=O)C1(C)CC3. The Labute approximate surface area is 217 Å². The molecule has 4 aliphatic carbocycles. The molecule has 0 amide bonds. The van der Waals surface area contributed by atoms with Crippen LogP contribution >= 0.6 is 0 Å². The molecule has 8 atom stereocenters. The maximum Gasteiger partial charge on any atom is 0.302 e. The second-order valence-electron chi connectivity index (χ2n) is 14.4. The summed E-state index contributed by atoms with van der Waals surface area (Å²) in [5.41, 5.74) is -0.0496. The van der Waals surface area contributed by atoms with Gasteiger partial charge in [-0.2, -0.15) is 0 Å². The second-order valence-corrected chi connectivity index (χ2v) is 14.4. The quantitative estimate of drug-likeness (QED) is 0.289. The fourth-order valence-corrected chi connectivity index (χ4v) is 9.33. The van der Waals surface area contributed by atoms with Crippen molar-refractivity contribution in [3.63, 3.8) is 0 Å². The Bertz CT molecular complexity index is 1020. The molecule has 0 aliphatic heterocycles. The van der Waals surface area contributed by atoms with E-state index in [2.05, 4.69) is 55.4 Å². The van der Waals surface area contributed by atoms with Crippen molar-refractivity contribution in [1.82, 2.24) is 0 Å². The van der Waals surface area contributed by atoms with Crippen LogP contribution in [-0.2, 0) is 19.1 Å². The third kappa shape index (κ3) is 3.33. The molecule has 8 unspecified atom stereocenters. The Morgan fingerprint density at radius 3 is 2.14 bits per heavy atom. The van der Waals surface area contributed by atoms with Crippen molar-refractivity contribution in [1.29, 1.82) is 0 Å². The molecular formula is C31H48O5. The van der Waals surface area contributed by atoms with E-state index in [1.807, 2.05) is 6.92 Å². The number of aliphatic hydroxyl groups excluding tert-OH is 1. The molecule has 0 radical (unpaired) electrons. The van der Waals surface area contributed by atoms with Gasteiger partial charge in [0.1, 0.15) is 11.9 Å². The van der Waals surface area contributed by atoms with Crippen LogP contribution in [0.5, 0.6) is 0 Å². The predicted octanol–water partition coefficient (Wildman–Crippen LogP) is 6.07. The van der Waals surface area contributed by atoms with Crippen molar-refractivity contribution in [2.75, 3.05) is 0 Å². The minimum absolute atomic E-state index is 0.00683. The van der Waals surface area contributed by atoms with E-state index in [0.717, 1.165) is 25.7 Å². The van der Waals surface area contributed by atoms with Gasteiger partial charge in [-0.1, -0.05) is 66.5 Å². The van der Waals surface area contributed by atoms with Crippen LogP contribution in [0.15, 0.2) is 11.1 Å². The topological polar surface area (TPSA) is 80.7 Å². The van der Waals surface area contributed by atoms with Crippen molar-refractivity contribution in [3.8, 4) is 0 Å². The molecule has 36 heavy (non-hydrogen) atoms. The summed E-state index contributed by atoms with van der Waals surface area (Å²) in [6, 6.07) is 0. The molecule has 4 aliphatic rings. The van der Waals surface area contributed by atoms with E-state index >= 15 is 0 Å². The van der Waals surface area contributed by atoms with Crippen LogP contribution in [0.4, 0.5) is 0 Å². The van der Waals surface area contributed by atoms with E-state index < -0.39 is 33.9 Å². The van der Waals surface area contributed by atoms with Gasteiger partial charge in [-0.05, 0) is 67.6 Å². The molecule has 5 heteroatoms. The number of carbonyl (C=O) groups excluding carboxylic acids is 3. The molecule has 0 aromatic rings. The molecule has 0 heterocycles. The first-order chi connectivity index (χ1) is 16.4. The Morgan fingerprint density at radius 2 is 1.58 bits per heavy atom. The lowest BCUT2D eigenvalue weighted by Crippen LogP contribution is -2.65. The Morgan fingerprint density at radius 1 is 0.972 bits per heavy atom. The summed E-state index contributed by atoms with van der Waals surface area (Å²) < 4.78 is 5.67. The van der Waals surface area contributed by atoms with Crippen LogP contribution in [-0.4, -0.2) is 34.9 Å². The number of fused-ring (bicyclic) bond motifs is 4. The van der Waals surface area contributed by atoms with Gasteiger partial charge in [-0.25, -0.2) is 0 Å². The molecule has 0 saturated heterocycles. The molecule has 202 valence electrons. The summed E-state index contributed by atoms with van der Waals surface area (Å²) in [5.74, 6) is 0.329. The Hall–Kier alpha value is -1.49. The zero-order chi connectivity index (χ0) is 27.2. The largest absolute Gasteiger partial charge is 0.460 e. The van der Waals surface area contributed by atoms with E-state index in [-0.39, 0.29) is 40.7 Å². The molecule has 0 spiro atoms. The van der Waals surface area contributed by atoms with Crippen LogP contribution in [0, 0.1) is 44.8 Å². The first-order valence-electron chi connectivity index (χ1n) is 14.1. The first kappa shape index (κ1) is 27.5. The minimum Gasteiger partial charge on any atom is -0.460 e. The highest BCUT2D eigenvalue weighted by atomic mass is 16.6. The van der Waals surface area contributed by atoms with Gasteiger partial charge in [0.25, 0.3) is 0 Å². The lowest BCUT2D eigenvalue weighted by atomic mass is 9.38. The summed E-state index contributed by atoms with van der Waals surface area (Å²) in [6.07, 6.45) is 3.02. The van der Waals surface area contributed by atoms with E-state index in [1.165, 1.54) is 18.1 Å². The normalized spacial score (nSPS) is 45.1. The number of Topliss-reactive ketones (excluding diaryl/α,β-unsaturated/α-hetero) is 2. The number of ketones is 2. The fourth-order valence-electron chi connectivity index (χ4n) is 9.33. The lowest BCUT2D eigenvalue weighted by Gasteiger charge is -2.65. The fraction of sp³-hybridized carbons (Fsp3) is 0.839. The number of esters is 1. The highest BCUT2D eigenvalue weighted by Gasteiger charge is 2.68. The summed E-state index contributed by atoms with van der Waals surface area (Å²) in [4.78, 5) is 40.2. The van der Waals surface area contributed by atoms with Crippen molar-refractivity contribution in [3.05, 3.63) is 11.1 Å². The van der Waals surface area contributed by atoms with Crippen LogP contribution in [0.3, 0.4) is 0 Å². The number of aliphatic hydroxyl groups is 1. The minimum atomic E-state index is -0.945. The first-order valence-corrected chi connectivity index (χ1v) is 14.1. The maximum atomic E-state index is 14.4. The Kier molecular flexibility index (Phi) is 6.31. The number of ether oxygens (including phenoxy) is 1. The average Bonchev–Trinajstić information content (AvgIpc) is 2.77. The van der Waals surface area contributed by atoms with E-state index in [1.54, 1.807) is 0 Å². The summed E-state index contributed by atoms with van der Waals surface area (Å²) in [5, 5.41) is 11.2. The zero-order valence-corrected chi connectivity index (χ0v) is 24.2. The van der Waals surface area contributed by atoms with Crippen molar-refractivity contribution < 1.29 is 24.2 Å². The van der Waals surface area contributed by atoms with Gasteiger partial charge in [0.15, 0.2) is 5.78 Å². The molecule has 0 bridgehead atoms. The van der Waals surface area contributed by atoms with Gasteiger partial charge < -0.3 is 9.84 Å². The zero-order valence-electron chi connectivity index (χ0n) is 24.2. The number of rotatable bonds is 3. The van der Waals surface area contributed by atoms with Crippen molar-refractivity contribution in [2.24, 2.45) is 44.8 Å². The predicted molar refractivity (Wildman–Crippen MR) is 140 cm³/mol. The molecule has 4 rings (SSSR count). The number of hydrogen-bond donors (Lipinski definition) is 1. The van der Waals surface area contributed by atoms with Crippen LogP contribution in [0.2, 0.25) is 0 Å². The lowest BCUT2D eigenvalue weighted by molar-refractivity contribution is -0.189. The van der Waals surface area contributed by atoms with Crippen molar-refractivity contribution >= 4 is 17.5 Å². The summed E-state index contributed by atoms with van der Waals surface area (Å²) in [7, 11) is 0. The van der Waals surface area contributed by atoms with Gasteiger partial charge in [-0.15, -0.1) is 0 Å². The molecule has 0 aromatic heterocycles. The number of carbonyl (C=O) groups is 3. The number of allylic oxidation sites excluding steroid dienone is 2. The van der Waals surface area contributed by atoms with Crippen LogP contribution < -0.4 is 0 Å². The standard InChI is InChI=1S/C31H48O5/c1-17(2)18(3)31(10)24(33)16-30(9)21-11-12-23-27(5,6)25(34)22(36-19(4)32)15-28(23,7)20(21)13-14-29(30,8)26(31)35/h17-18,22-23,25,34H,11-16H2,1-10H3. The highest BCUT2D eigenvalue weighted by Crippen LogP contribution is 2.70. The van der Waals surface area contributed by atoms with Gasteiger partial charge >= 0.3 is 5.97 Å². The van der Waals surface area contributed by atoms with Crippen LogP contribution in [0.25, 0.3) is 0 Å². The molecule has 5 nitrogen and oxygen atoms in total. The second kappa shape index (κ2) is 8.25. The maximum absolute atomic E-state index is 14.4. The van der Waals surface area contributed by atoms with Gasteiger partial charge in [0, 0.05) is 24.2 Å². The number of hydrogen-bond acceptors (Lipinski definition) is 5. The van der Waals surface area contributed by atoms with Crippen molar-refractivity contribution in [2.45, 2.75) is 120 Å². The van der Waals surface area contributed by atoms with Gasteiger partial charge in [0.2, 0.25) is 0 Å². The molecule has 2 saturated carbocycles. The molecule has 2 fully saturated rings. The van der Waals surface area contributed by atoms with E-state index in [9.17, 15) is 19.5 Å². The van der Waals surface area contributed by atoms with Crippen LogP contribution in [0.1, 0.15) is 108 Å². The smallest absolute Gasteiger partial charge is 0.302 e. The third-order valence-corrected chi connectivity index (χ3v) is 12.2. The molecular weight excluding hydrogens is 452 g/mol. The molecule has 1 N–H and O–H groups in total. The Balaban J connectivity index is 1.83. The average molecular weight is 501 g/mol. The molecule has 0 aromatic carbocycles.